The van der Waals surface area contributed by atoms with Gasteiger partial charge in [-0.05, 0) is 36.8 Å². The number of nitrogens with two attached hydrogens (primary N) is 1. The first kappa shape index (κ1) is 14.0. The Balaban J connectivity index is 2.48. The molecule has 2 nitrogen and oxygen atoms in total. The second-order valence-electron chi connectivity index (χ2n) is 4.43. The second kappa shape index (κ2) is 5.72. The maximum Gasteiger partial charge on any atom is 0.124 e. The first-order chi connectivity index (χ1) is 9.01. The van der Waals surface area contributed by atoms with E-state index in [1.807, 2.05) is 31.2 Å². The number of hydrogen-bond acceptors (Lipinski definition) is 2. The molecular formula is C15H15BrFNO. The summed E-state index contributed by atoms with van der Waals surface area (Å²) in [6, 6.07) is 10.0. The van der Waals surface area contributed by atoms with Gasteiger partial charge in [0.25, 0.3) is 0 Å². The van der Waals surface area contributed by atoms with Gasteiger partial charge >= 0.3 is 0 Å². The van der Waals surface area contributed by atoms with Gasteiger partial charge in [0.15, 0.2) is 0 Å². The molecule has 2 aromatic rings. The maximum absolute atomic E-state index is 13.4. The van der Waals surface area contributed by atoms with Crippen molar-refractivity contribution in [2.75, 3.05) is 7.11 Å². The molecule has 4 heteroatoms. The van der Waals surface area contributed by atoms with E-state index in [-0.39, 0.29) is 5.82 Å². The average Bonchev–Trinajstić information content (AvgIpc) is 2.36. The first-order valence-corrected chi connectivity index (χ1v) is 6.66. The summed E-state index contributed by atoms with van der Waals surface area (Å²) in [5, 5.41) is 0. The molecule has 0 saturated carbocycles. The van der Waals surface area contributed by atoms with E-state index in [0.29, 0.717) is 15.8 Å². The highest BCUT2D eigenvalue weighted by molar-refractivity contribution is 9.10. The highest BCUT2D eigenvalue weighted by atomic mass is 79.9. The van der Waals surface area contributed by atoms with E-state index in [1.54, 1.807) is 7.11 Å². The molecule has 0 spiro atoms. The van der Waals surface area contributed by atoms with E-state index in [0.717, 1.165) is 11.1 Å². The molecule has 2 N–H and O–H groups in total. The average molecular weight is 324 g/mol. The van der Waals surface area contributed by atoms with E-state index < -0.39 is 6.04 Å². The van der Waals surface area contributed by atoms with Crippen LogP contribution in [0.3, 0.4) is 0 Å². The summed E-state index contributed by atoms with van der Waals surface area (Å²) in [6.45, 7) is 1.98. The van der Waals surface area contributed by atoms with E-state index in [1.165, 1.54) is 12.1 Å². The highest BCUT2D eigenvalue weighted by Crippen LogP contribution is 2.30. The van der Waals surface area contributed by atoms with Crippen molar-refractivity contribution in [3.63, 3.8) is 0 Å². The standard InChI is InChI=1S/C15H15BrFNO/c1-9-3-4-14(19-2)13(5-9)15(18)10-6-11(16)8-12(17)7-10/h3-8,15H,18H2,1-2H3. The fraction of sp³-hybridized carbons (Fsp3) is 0.200. The van der Waals surface area contributed by atoms with E-state index >= 15 is 0 Å². The summed E-state index contributed by atoms with van der Waals surface area (Å²) in [5.74, 6) is 0.393. The molecule has 1 unspecified atom stereocenters. The smallest absolute Gasteiger partial charge is 0.124 e. The minimum Gasteiger partial charge on any atom is -0.496 e. The summed E-state index contributed by atoms with van der Waals surface area (Å²) >= 11 is 3.28. The third-order valence-electron chi connectivity index (χ3n) is 2.96. The van der Waals surface area contributed by atoms with Gasteiger partial charge in [0.1, 0.15) is 11.6 Å². The molecule has 0 amide bonds. The van der Waals surface area contributed by atoms with Crippen LogP contribution < -0.4 is 10.5 Å². The van der Waals surface area contributed by atoms with Crippen LogP contribution in [0.2, 0.25) is 0 Å². The van der Waals surface area contributed by atoms with E-state index in [9.17, 15) is 4.39 Å². The molecule has 0 aromatic heterocycles. The maximum atomic E-state index is 13.4. The van der Waals surface area contributed by atoms with Crippen molar-refractivity contribution in [2.45, 2.75) is 13.0 Å². The number of ether oxygens (including phenoxy) is 1. The normalized spacial score (nSPS) is 12.3. The van der Waals surface area contributed by atoms with Crippen LogP contribution in [0.5, 0.6) is 5.75 Å². The molecule has 0 heterocycles. The summed E-state index contributed by atoms with van der Waals surface area (Å²) in [7, 11) is 1.60. The van der Waals surface area contributed by atoms with Gasteiger partial charge in [-0.3, -0.25) is 0 Å². The van der Waals surface area contributed by atoms with Crippen LogP contribution in [0.1, 0.15) is 22.7 Å². The summed E-state index contributed by atoms with van der Waals surface area (Å²) in [5.41, 5.74) is 8.87. The third kappa shape index (κ3) is 3.14. The Hall–Kier alpha value is -1.39. The summed E-state index contributed by atoms with van der Waals surface area (Å²) < 4.78 is 19.4. The van der Waals surface area contributed by atoms with Gasteiger partial charge in [-0.25, -0.2) is 4.39 Å². The lowest BCUT2D eigenvalue weighted by Crippen LogP contribution is -2.13. The second-order valence-corrected chi connectivity index (χ2v) is 5.34. The van der Waals surface area contributed by atoms with Gasteiger partial charge in [0, 0.05) is 10.0 Å². The van der Waals surface area contributed by atoms with Crippen LogP contribution in [-0.4, -0.2) is 7.11 Å². The van der Waals surface area contributed by atoms with E-state index in [4.69, 9.17) is 10.5 Å². The SMILES string of the molecule is COc1ccc(C)cc1C(N)c1cc(F)cc(Br)c1. The minimum absolute atomic E-state index is 0.313. The van der Waals surface area contributed by atoms with Crippen LogP contribution in [0, 0.1) is 12.7 Å². The zero-order valence-electron chi connectivity index (χ0n) is 10.8. The van der Waals surface area contributed by atoms with Crippen LogP contribution in [0.25, 0.3) is 0 Å². The molecule has 0 bridgehead atoms. The topological polar surface area (TPSA) is 35.2 Å². The number of aryl methyl sites for hydroxylation is 1. The highest BCUT2D eigenvalue weighted by Gasteiger charge is 2.15. The first-order valence-electron chi connectivity index (χ1n) is 5.87. The Morgan fingerprint density at radius 3 is 2.58 bits per heavy atom. The number of halogens is 2. The molecule has 0 aliphatic carbocycles. The minimum atomic E-state index is -0.429. The van der Waals surface area contributed by atoms with Crippen molar-refractivity contribution in [1.82, 2.24) is 0 Å². The largest absolute Gasteiger partial charge is 0.496 e. The fourth-order valence-electron chi connectivity index (χ4n) is 2.03. The molecule has 0 aliphatic heterocycles. The van der Waals surface area contributed by atoms with Crippen molar-refractivity contribution < 1.29 is 9.13 Å². The lowest BCUT2D eigenvalue weighted by atomic mass is 9.97. The summed E-state index contributed by atoms with van der Waals surface area (Å²) in [6.07, 6.45) is 0. The molecule has 1 atom stereocenters. The van der Waals surface area contributed by atoms with Gasteiger partial charge in [-0.15, -0.1) is 0 Å². The van der Waals surface area contributed by atoms with Gasteiger partial charge in [-0.2, -0.15) is 0 Å². The predicted octanol–water partition coefficient (Wildman–Crippen LogP) is 3.95. The quantitative estimate of drug-likeness (QED) is 0.928. The molecule has 0 fully saturated rings. The molecular weight excluding hydrogens is 309 g/mol. The fourth-order valence-corrected chi connectivity index (χ4v) is 2.51. The van der Waals surface area contributed by atoms with Crippen molar-refractivity contribution >= 4 is 15.9 Å². The molecule has 0 radical (unpaired) electrons. The number of rotatable bonds is 3. The number of benzene rings is 2. The number of hydrogen-bond donors (Lipinski definition) is 1. The molecule has 2 rings (SSSR count). The van der Waals surface area contributed by atoms with Gasteiger partial charge < -0.3 is 10.5 Å². The van der Waals surface area contributed by atoms with E-state index in [2.05, 4.69) is 15.9 Å². The van der Waals surface area contributed by atoms with Crippen molar-refractivity contribution in [1.29, 1.82) is 0 Å². The molecule has 19 heavy (non-hydrogen) atoms. The van der Waals surface area contributed by atoms with Crippen LogP contribution in [0.4, 0.5) is 4.39 Å². The van der Waals surface area contributed by atoms with Crippen molar-refractivity contribution in [3.8, 4) is 5.75 Å². The zero-order chi connectivity index (χ0) is 14.0. The lowest BCUT2D eigenvalue weighted by molar-refractivity contribution is 0.407. The monoisotopic (exact) mass is 323 g/mol. The molecule has 0 aliphatic rings. The van der Waals surface area contributed by atoms with Crippen molar-refractivity contribution in [2.24, 2.45) is 5.73 Å². The van der Waals surface area contributed by atoms with Gasteiger partial charge in [0.05, 0.1) is 13.2 Å². The lowest BCUT2D eigenvalue weighted by Gasteiger charge is -2.17. The van der Waals surface area contributed by atoms with Gasteiger partial charge in [-0.1, -0.05) is 33.6 Å². The molecule has 2 aromatic carbocycles. The molecule has 0 saturated heterocycles. The van der Waals surface area contributed by atoms with Crippen LogP contribution in [-0.2, 0) is 0 Å². The predicted molar refractivity (Wildman–Crippen MR) is 77.9 cm³/mol. The van der Waals surface area contributed by atoms with Crippen molar-refractivity contribution in [3.05, 3.63) is 63.4 Å². The Morgan fingerprint density at radius 2 is 1.95 bits per heavy atom. The van der Waals surface area contributed by atoms with Gasteiger partial charge in [0.2, 0.25) is 0 Å². The van der Waals surface area contributed by atoms with Crippen LogP contribution >= 0.6 is 15.9 Å². The third-order valence-corrected chi connectivity index (χ3v) is 3.42. The Bertz CT molecular complexity index is 580. The summed E-state index contributed by atoms with van der Waals surface area (Å²) in [4.78, 5) is 0. The molecule has 100 valence electrons. The Kier molecular flexibility index (Phi) is 4.22. The number of methoxy groups -OCH3 is 1. The Morgan fingerprint density at radius 1 is 1.21 bits per heavy atom. The van der Waals surface area contributed by atoms with Crippen LogP contribution in [0.15, 0.2) is 40.9 Å². The Labute approximate surface area is 120 Å². The zero-order valence-corrected chi connectivity index (χ0v) is 12.4.